The molecule has 1 saturated carbocycles. The highest BCUT2D eigenvalue weighted by Crippen LogP contribution is 2.35. The summed E-state index contributed by atoms with van der Waals surface area (Å²) in [5.74, 6) is -0.480. The highest BCUT2D eigenvalue weighted by atomic mass is 16.6. The lowest BCUT2D eigenvalue weighted by atomic mass is 9.89. The van der Waals surface area contributed by atoms with Gasteiger partial charge in [0.1, 0.15) is 30.5 Å². The molecule has 2 N–H and O–H groups in total. The van der Waals surface area contributed by atoms with Gasteiger partial charge in [0.25, 0.3) is 0 Å². The molecule has 3 aliphatic rings. The van der Waals surface area contributed by atoms with Gasteiger partial charge in [0.05, 0.1) is 39.5 Å². The van der Waals surface area contributed by atoms with Crippen molar-refractivity contribution in [3.8, 4) is 0 Å². The summed E-state index contributed by atoms with van der Waals surface area (Å²) in [7, 11) is 0. The molecule has 314 valence electrons. The van der Waals surface area contributed by atoms with Gasteiger partial charge in [0.2, 0.25) is 11.8 Å². The minimum atomic E-state index is -0.632. The van der Waals surface area contributed by atoms with Crippen LogP contribution in [0.3, 0.4) is 0 Å². The number of carbonyl (C=O) groups is 2. The van der Waals surface area contributed by atoms with Crippen molar-refractivity contribution >= 4 is 11.8 Å². The van der Waals surface area contributed by atoms with Crippen molar-refractivity contribution < 1.29 is 33.3 Å². The number of hydrogen-bond donors (Lipinski definition) is 2. The molecule has 0 bridgehead atoms. The van der Waals surface area contributed by atoms with Crippen LogP contribution < -0.4 is 10.9 Å². The van der Waals surface area contributed by atoms with Crippen LogP contribution in [-0.2, 0) is 59.7 Å². The van der Waals surface area contributed by atoms with Crippen molar-refractivity contribution in [2.24, 2.45) is 5.92 Å². The van der Waals surface area contributed by atoms with Crippen LogP contribution in [0.5, 0.6) is 0 Å². The van der Waals surface area contributed by atoms with Gasteiger partial charge >= 0.3 is 0 Å². The van der Waals surface area contributed by atoms with E-state index < -0.39 is 30.5 Å². The zero-order chi connectivity index (χ0) is 41.9. The zero-order valence-electron chi connectivity index (χ0n) is 34.3. The molecule has 2 fully saturated rings. The lowest BCUT2D eigenvalue weighted by Crippen LogP contribution is -2.61. The number of allylic oxidation sites excluding steroid dienone is 9. The molecule has 5 atom stereocenters. The summed E-state index contributed by atoms with van der Waals surface area (Å²) in [5.41, 5.74) is 10.8. The van der Waals surface area contributed by atoms with Crippen molar-refractivity contribution in [1.82, 2.24) is 10.9 Å². The van der Waals surface area contributed by atoms with Crippen LogP contribution in [0.15, 0.2) is 193 Å². The van der Waals surface area contributed by atoms with Crippen LogP contribution in [0, 0.1) is 5.92 Å². The first-order valence-corrected chi connectivity index (χ1v) is 21.0. The Kier molecular flexibility index (Phi) is 16.4. The molecule has 4 aromatic carbocycles. The number of benzene rings is 4. The van der Waals surface area contributed by atoms with E-state index in [2.05, 4.69) is 10.9 Å². The number of rotatable bonds is 17. The Labute approximate surface area is 359 Å². The fourth-order valence-corrected chi connectivity index (χ4v) is 7.11. The first-order chi connectivity index (χ1) is 30.1. The largest absolute Gasteiger partial charge is 0.374 e. The molecule has 4 aromatic rings. The predicted molar refractivity (Wildman–Crippen MR) is 236 cm³/mol. The molecule has 7 rings (SSSR count). The van der Waals surface area contributed by atoms with Crippen LogP contribution in [0.1, 0.15) is 41.5 Å². The predicted octanol–water partition coefficient (Wildman–Crippen LogP) is 8.77. The normalized spacial score (nSPS) is 21.4. The molecule has 5 unspecified atom stereocenters. The van der Waals surface area contributed by atoms with E-state index in [9.17, 15) is 9.59 Å². The molecular formula is C52H54N2O7. The van der Waals surface area contributed by atoms with E-state index in [-0.39, 0.29) is 30.8 Å². The summed E-state index contributed by atoms with van der Waals surface area (Å²) in [4.78, 5) is 25.1. The van der Waals surface area contributed by atoms with Crippen molar-refractivity contribution in [1.29, 1.82) is 0 Å². The van der Waals surface area contributed by atoms with Crippen LogP contribution in [0.2, 0.25) is 0 Å². The minimum Gasteiger partial charge on any atom is -0.374 e. The maximum absolute atomic E-state index is 12.9. The standard InChI is InChI=1S/C52H54N2O7/c55-47(53-54-52(56)45-31-32-45)33-39-19-8-2-1-3-17-29-44(30-18-28-39)48-50(59-36-42-24-13-6-14-25-42)51(60-37-43-26-15-7-16-27-43)49(58-35-41-22-11-5-12-23-41)46(61-48)38-57-34-40-20-9-4-10-21-40/h1-30,45-46,48-51H,31-38H2,(H,53,55)(H,54,56). The van der Waals surface area contributed by atoms with Gasteiger partial charge < -0.3 is 23.7 Å². The van der Waals surface area contributed by atoms with E-state index in [1.165, 1.54) is 0 Å². The van der Waals surface area contributed by atoms with E-state index in [4.69, 9.17) is 23.7 Å². The Hall–Kier alpha value is -5.94. The van der Waals surface area contributed by atoms with Gasteiger partial charge in [-0.25, -0.2) is 0 Å². The third kappa shape index (κ3) is 13.8. The van der Waals surface area contributed by atoms with Crippen molar-refractivity contribution in [3.05, 3.63) is 215 Å². The molecular weight excluding hydrogens is 765 g/mol. The van der Waals surface area contributed by atoms with E-state index in [0.29, 0.717) is 26.4 Å². The Morgan fingerprint density at radius 2 is 1.07 bits per heavy atom. The zero-order valence-corrected chi connectivity index (χ0v) is 34.3. The number of ether oxygens (including phenoxy) is 5. The second kappa shape index (κ2) is 23.2. The van der Waals surface area contributed by atoms with Gasteiger partial charge in [-0.05, 0) is 46.2 Å². The molecule has 9 nitrogen and oxygen atoms in total. The lowest BCUT2D eigenvalue weighted by molar-refractivity contribution is -0.264. The van der Waals surface area contributed by atoms with Crippen LogP contribution in [-0.4, -0.2) is 48.9 Å². The highest BCUT2D eigenvalue weighted by Gasteiger charge is 2.49. The van der Waals surface area contributed by atoms with E-state index in [1.54, 1.807) is 0 Å². The third-order valence-electron chi connectivity index (χ3n) is 10.5. The van der Waals surface area contributed by atoms with E-state index in [1.807, 2.05) is 182 Å². The van der Waals surface area contributed by atoms with Crippen LogP contribution >= 0.6 is 0 Å². The van der Waals surface area contributed by atoms with Gasteiger partial charge in [0.15, 0.2) is 0 Å². The monoisotopic (exact) mass is 818 g/mol. The lowest BCUT2D eigenvalue weighted by Gasteiger charge is -2.46. The third-order valence-corrected chi connectivity index (χ3v) is 10.5. The van der Waals surface area contributed by atoms with Crippen molar-refractivity contribution in [3.63, 3.8) is 0 Å². The van der Waals surface area contributed by atoms with E-state index in [0.717, 1.165) is 46.2 Å². The van der Waals surface area contributed by atoms with Gasteiger partial charge in [0, 0.05) is 5.92 Å². The summed E-state index contributed by atoms with van der Waals surface area (Å²) in [6.07, 6.45) is 18.1. The summed E-state index contributed by atoms with van der Waals surface area (Å²) in [6.45, 7) is 1.61. The molecule has 9 heteroatoms. The van der Waals surface area contributed by atoms with Crippen LogP contribution in [0.25, 0.3) is 0 Å². The molecule has 61 heavy (non-hydrogen) atoms. The van der Waals surface area contributed by atoms with Gasteiger partial charge in [-0.15, -0.1) is 0 Å². The topological polar surface area (TPSA) is 104 Å². The smallest absolute Gasteiger partial charge is 0.242 e. The number of hydrazine groups is 1. The molecule has 1 heterocycles. The molecule has 2 amide bonds. The number of carbonyl (C=O) groups excluding carboxylic acids is 2. The molecule has 0 radical (unpaired) electrons. The Bertz CT molecular complexity index is 2160. The Balaban J connectivity index is 1.23. The molecule has 1 aliphatic heterocycles. The summed E-state index contributed by atoms with van der Waals surface area (Å²) < 4.78 is 34.4. The Morgan fingerprint density at radius 1 is 0.541 bits per heavy atom. The first-order valence-electron chi connectivity index (χ1n) is 21.0. The van der Waals surface area contributed by atoms with Crippen molar-refractivity contribution in [2.75, 3.05) is 6.61 Å². The van der Waals surface area contributed by atoms with Gasteiger partial charge in [-0.1, -0.05) is 182 Å². The summed E-state index contributed by atoms with van der Waals surface area (Å²) in [5, 5.41) is 0. The molecule has 0 aromatic heterocycles. The summed E-state index contributed by atoms with van der Waals surface area (Å²) in [6, 6.07) is 40.3. The van der Waals surface area contributed by atoms with Crippen molar-refractivity contribution in [2.45, 2.75) is 76.2 Å². The maximum atomic E-state index is 12.9. The fourth-order valence-electron chi connectivity index (χ4n) is 7.11. The quantitative estimate of drug-likeness (QED) is 0.103. The fraction of sp³-hybridized carbons (Fsp3) is 0.269. The highest BCUT2D eigenvalue weighted by molar-refractivity contribution is 5.85. The second-order valence-corrected chi connectivity index (χ2v) is 15.3. The van der Waals surface area contributed by atoms with E-state index >= 15 is 0 Å². The number of amides is 2. The second-order valence-electron chi connectivity index (χ2n) is 15.3. The van der Waals surface area contributed by atoms with Gasteiger partial charge in [-0.2, -0.15) is 0 Å². The first kappa shape index (κ1) is 43.2. The summed E-state index contributed by atoms with van der Waals surface area (Å²) >= 11 is 0. The molecule has 0 spiro atoms. The molecule has 1 saturated heterocycles. The maximum Gasteiger partial charge on any atom is 0.242 e. The SMILES string of the molecule is O=C(CC1=CC=CC=CC=CC(C2OC(COCc3ccccc3)C(OCc3ccccc3)C(OCc3ccccc3)C2OCc2ccccc2)=CC=C1)NNC(=O)C1CC1. The van der Waals surface area contributed by atoms with Gasteiger partial charge in [-0.3, -0.25) is 20.4 Å². The average Bonchev–Trinajstić information content (AvgIpc) is 4.15. The molecule has 2 aliphatic carbocycles. The average molecular weight is 819 g/mol. The number of nitrogens with one attached hydrogen (secondary N) is 2. The minimum absolute atomic E-state index is 0.0151. The Morgan fingerprint density at radius 3 is 1.66 bits per heavy atom. The van der Waals surface area contributed by atoms with Crippen LogP contribution in [0.4, 0.5) is 0 Å². The number of hydrogen-bond acceptors (Lipinski definition) is 7.